The average Bonchev–Trinajstić information content (AvgIpc) is 3.56. The molecule has 3 fully saturated rings. The van der Waals surface area contributed by atoms with Gasteiger partial charge in [0, 0.05) is 35.4 Å². The summed E-state index contributed by atoms with van der Waals surface area (Å²) in [5.41, 5.74) is 0.696. The number of aliphatic hydroxyl groups excluding tert-OH is 1. The van der Waals surface area contributed by atoms with Crippen molar-refractivity contribution in [3.63, 3.8) is 0 Å². The monoisotopic (exact) mass is 647 g/mol. The fourth-order valence-corrected chi connectivity index (χ4v) is 10.3. The first-order valence-corrected chi connectivity index (χ1v) is 16.3. The molecule has 10 heteroatoms. The number of benzene rings is 1. The number of rotatable bonds is 14. The van der Waals surface area contributed by atoms with Crippen LogP contribution in [-0.2, 0) is 14.4 Å². The molecule has 3 aliphatic heterocycles. The highest BCUT2D eigenvalue weighted by Gasteiger charge is 2.76. The van der Waals surface area contributed by atoms with Crippen molar-refractivity contribution in [2.24, 2.45) is 11.8 Å². The number of unbranched alkanes of at least 4 members (excludes halogenated alkanes) is 1. The van der Waals surface area contributed by atoms with Crippen LogP contribution in [0.1, 0.15) is 40.0 Å². The van der Waals surface area contributed by atoms with E-state index in [1.807, 2.05) is 31.2 Å². The molecular weight excluding hydrogens is 606 g/mol. The smallest absolute Gasteiger partial charge is 0.247 e. The number of ether oxygens (including phenoxy) is 1. The summed E-state index contributed by atoms with van der Waals surface area (Å²) >= 11 is 5.45. The Bertz CT molecular complexity index is 1150. The summed E-state index contributed by atoms with van der Waals surface area (Å²) in [4.78, 5) is 48.1. The Balaban J connectivity index is 1.75. The van der Waals surface area contributed by atoms with Gasteiger partial charge in [-0.05, 0) is 51.0 Å². The van der Waals surface area contributed by atoms with Crippen LogP contribution < -0.4 is 9.64 Å². The molecule has 0 saturated carbocycles. The van der Waals surface area contributed by atoms with Crippen molar-refractivity contribution in [2.75, 3.05) is 37.7 Å². The number of carbonyl (C=O) groups is 3. The van der Waals surface area contributed by atoms with Crippen LogP contribution in [0.2, 0.25) is 0 Å². The largest absolute Gasteiger partial charge is 0.494 e. The topological polar surface area (TPSA) is 90.4 Å². The Labute approximate surface area is 256 Å². The van der Waals surface area contributed by atoms with E-state index in [2.05, 4.69) is 36.0 Å². The van der Waals surface area contributed by atoms with Crippen molar-refractivity contribution in [2.45, 2.75) is 66.9 Å². The first-order valence-electron chi connectivity index (χ1n) is 14.5. The van der Waals surface area contributed by atoms with E-state index in [0.717, 1.165) is 12.8 Å². The van der Waals surface area contributed by atoms with E-state index in [-0.39, 0.29) is 41.0 Å². The summed E-state index contributed by atoms with van der Waals surface area (Å²) in [5.74, 6) is -1.11. The molecule has 0 aromatic heterocycles. The van der Waals surface area contributed by atoms with Gasteiger partial charge in [0.2, 0.25) is 17.7 Å². The maximum atomic E-state index is 14.5. The molecule has 3 amide bonds. The first-order chi connectivity index (χ1) is 19.7. The number of hydrogen-bond acceptors (Lipinski definition) is 6. The Morgan fingerprint density at radius 3 is 2.49 bits per heavy atom. The summed E-state index contributed by atoms with van der Waals surface area (Å²) < 4.78 is 4.80. The van der Waals surface area contributed by atoms with Gasteiger partial charge < -0.3 is 24.5 Å². The van der Waals surface area contributed by atoms with Crippen molar-refractivity contribution in [3.8, 4) is 5.75 Å². The fraction of sp³-hybridized carbons (Fsp3) is 0.581. The Hall–Kier alpha value is -2.30. The number of aliphatic hydroxyl groups is 1. The van der Waals surface area contributed by atoms with Gasteiger partial charge in [0.25, 0.3) is 0 Å². The molecule has 3 aliphatic rings. The van der Waals surface area contributed by atoms with Crippen LogP contribution in [0.5, 0.6) is 5.75 Å². The average molecular weight is 649 g/mol. The number of carbonyl (C=O) groups excluding carboxylic acids is 3. The summed E-state index contributed by atoms with van der Waals surface area (Å²) in [6, 6.07) is 6.02. The van der Waals surface area contributed by atoms with Crippen molar-refractivity contribution < 1.29 is 24.2 Å². The molecule has 7 atom stereocenters. The molecule has 8 nitrogen and oxygen atoms in total. The van der Waals surface area contributed by atoms with Crippen LogP contribution in [0, 0.1) is 11.8 Å². The van der Waals surface area contributed by atoms with Crippen molar-refractivity contribution in [3.05, 3.63) is 49.6 Å². The third kappa shape index (κ3) is 5.59. The minimum Gasteiger partial charge on any atom is -0.494 e. The molecule has 1 N–H and O–H groups in total. The molecule has 0 aliphatic carbocycles. The molecule has 224 valence electrons. The molecule has 1 aromatic rings. The second kappa shape index (κ2) is 13.3. The van der Waals surface area contributed by atoms with E-state index in [4.69, 9.17) is 4.74 Å². The molecule has 4 rings (SSSR count). The van der Waals surface area contributed by atoms with Crippen LogP contribution in [0.25, 0.3) is 0 Å². The van der Waals surface area contributed by atoms with Gasteiger partial charge in [-0.25, -0.2) is 0 Å². The Morgan fingerprint density at radius 1 is 1.22 bits per heavy atom. The summed E-state index contributed by atoms with van der Waals surface area (Å²) in [5, 5.41) is 10.0. The van der Waals surface area contributed by atoms with Crippen LogP contribution in [0.4, 0.5) is 5.69 Å². The minimum absolute atomic E-state index is 0.0420. The molecule has 1 aromatic carbocycles. The van der Waals surface area contributed by atoms with Crippen molar-refractivity contribution in [1.29, 1.82) is 0 Å². The number of nitrogens with zero attached hydrogens (tertiary/aromatic N) is 3. The fourth-order valence-electron chi connectivity index (χ4n) is 6.68. The number of fused-ring (bicyclic) bond motifs is 1. The van der Waals surface area contributed by atoms with E-state index < -0.39 is 28.7 Å². The molecule has 1 spiro atoms. The number of hydrogen-bond donors (Lipinski definition) is 1. The summed E-state index contributed by atoms with van der Waals surface area (Å²) in [6.07, 6.45) is 5.75. The van der Waals surface area contributed by atoms with E-state index >= 15 is 0 Å². The van der Waals surface area contributed by atoms with Crippen molar-refractivity contribution in [1.82, 2.24) is 9.80 Å². The number of halogens is 1. The minimum atomic E-state index is -0.777. The summed E-state index contributed by atoms with van der Waals surface area (Å²) in [7, 11) is 0. The zero-order chi connectivity index (χ0) is 29.9. The number of alkyl halides is 1. The third-order valence-electron chi connectivity index (χ3n) is 8.47. The molecule has 3 heterocycles. The third-order valence-corrected chi connectivity index (χ3v) is 11.7. The lowest BCUT2D eigenvalue weighted by molar-refractivity contribution is -0.145. The highest BCUT2D eigenvalue weighted by Crippen LogP contribution is 2.68. The molecule has 3 saturated heterocycles. The number of amides is 3. The lowest BCUT2D eigenvalue weighted by atomic mass is 9.70. The molecule has 2 bridgehead atoms. The second-order valence-electron chi connectivity index (χ2n) is 11.0. The number of thioether (sulfide) groups is 1. The Kier molecular flexibility index (Phi) is 10.3. The van der Waals surface area contributed by atoms with E-state index in [0.29, 0.717) is 37.6 Å². The lowest BCUT2D eigenvalue weighted by Gasteiger charge is -2.39. The normalized spacial score (nSPS) is 28.8. The Morgan fingerprint density at radius 2 is 1.90 bits per heavy atom. The quantitative estimate of drug-likeness (QED) is 0.240. The van der Waals surface area contributed by atoms with Gasteiger partial charge in [-0.1, -0.05) is 41.4 Å². The summed E-state index contributed by atoms with van der Waals surface area (Å²) in [6.45, 7) is 15.0. The first kappa shape index (κ1) is 31.6. The van der Waals surface area contributed by atoms with Gasteiger partial charge >= 0.3 is 0 Å². The number of likely N-dealkylation sites (tertiary alicyclic amines) is 1. The van der Waals surface area contributed by atoms with Crippen LogP contribution in [0.3, 0.4) is 0 Å². The highest BCUT2D eigenvalue weighted by molar-refractivity contribution is 9.09. The highest BCUT2D eigenvalue weighted by atomic mass is 79.9. The predicted molar refractivity (Wildman–Crippen MR) is 167 cm³/mol. The maximum absolute atomic E-state index is 14.5. The van der Waals surface area contributed by atoms with Crippen LogP contribution in [-0.4, -0.2) is 92.4 Å². The molecular formula is C31H42BrN3O5S. The van der Waals surface area contributed by atoms with E-state index in [1.165, 1.54) is 0 Å². The second-order valence-corrected chi connectivity index (χ2v) is 13.7. The molecule has 3 unspecified atom stereocenters. The van der Waals surface area contributed by atoms with Gasteiger partial charge in [0.05, 0.1) is 35.8 Å². The zero-order valence-corrected chi connectivity index (χ0v) is 26.6. The van der Waals surface area contributed by atoms with Gasteiger partial charge in [0.1, 0.15) is 11.8 Å². The van der Waals surface area contributed by atoms with Crippen LogP contribution in [0.15, 0.2) is 49.6 Å². The van der Waals surface area contributed by atoms with Gasteiger partial charge in [0.15, 0.2) is 0 Å². The van der Waals surface area contributed by atoms with Crippen molar-refractivity contribution >= 4 is 51.1 Å². The standard InChI is InChI=1S/C31H42BrN3O5S/c1-6-10-17-33(15-7-2)30(39)27-31-18-23(32)26(41-31)24(25(31)29(38)35(27)20(5)19-36)28(37)34(16-8-3)21-11-13-22(14-12-21)40-9-4/h7-8,11-14,20,23-27,36H,2-3,6,9-10,15-19H2,1,4-5H3/t20-,23?,24+,25+,26+,27?,31?/m1/s1. The molecule has 0 radical (unpaired) electrons. The van der Waals surface area contributed by atoms with Crippen LogP contribution >= 0.6 is 27.7 Å². The van der Waals surface area contributed by atoms with Gasteiger partial charge in [-0.3, -0.25) is 14.4 Å². The lowest BCUT2D eigenvalue weighted by Crippen LogP contribution is -2.57. The maximum Gasteiger partial charge on any atom is 0.247 e. The molecule has 41 heavy (non-hydrogen) atoms. The van der Waals surface area contributed by atoms with E-state index in [1.54, 1.807) is 45.5 Å². The zero-order valence-electron chi connectivity index (χ0n) is 24.2. The predicted octanol–water partition coefficient (Wildman–Crippen LogP) is 4.26. The number of anilines is 1. The van der Waals surface area contributed by atoms with E-state index in [9.17, 15) is 19.5 Å². The SMILES string of the molecule is C=CCN(CCCC)C(=O)C1N([C@H](C)CO)C(=O)[C@@H]2[C@H](C(=O)N(CC=C)c3ccc(OCC)cc3)[C@H]3SC12CC3Br. The van der Waals surface area contributed by atoms with Gasteiger partial charge in [-0.15, -0.1) is 24.9 Å². The van der Waals surface area contributed by atoms with Gasteiger partial charge in [-0.2, -0.15) is 0 Å².